The summed E-state index contributed by atoms with van der Waals surface area (Å²) in [5.74, 6) is 0.337. The lowest BCUT2D eigenvalue weighted by Crippen LogP contribution is -2.53. The van der Waals surface area contributed by atoms with Crippen LogP contribution in [0, 0.1) is 5.92 Å². The van der Waals surface area contributed by atoms with E-state index in [1.807, 2.05) is 30.3 Å². The van der Waals surface area contributed by atoms with Gasteiger partial charge in [0.05, 0.1) is 11.5 Å². The molecule has 0 aromatic heterocycles. The van der Waals surface area contributed by atoms with Crippen molar-refractivity contribution in [3.05, 3.63) is 35.9 Å². The Morgan fingerprint density at radius 1 is 1.19 bits per heavy atom. The van der Waals surface area contributed by atoms with Gasteiger partial charge < -0.3 is 5.32 Å². The van der Waals surface area contributed by atoms with Crippen molar-refractivity contribution in [2.75, 3.05) is 10.7 Å². The number of alkyl halides is 2. The standard InChI is InChI=1S/C17H25Br2NO/c1-4-13(3)15(14-9-7-6-8-10-14)16(21)20-17(5-2,11-18)12-19/h6-10,13,15H,4-5,11-12H2,1-3H3,(H,20,21). The summed E-state index contributed by atoms with van der Waals surface area (Å²) in [4.78, 5) is 12.9. The van der Waals surface area contributed by atoms with Gasteiger partial charge in [0.2, 0.25) is 5.91 Å². The Hall–Kier alpha value is -0.350. The molecule has 0 saturated carbocycles. The minimum absolute atomic E-state index is 0.0970. The normalized spacial score (nSPS) is 14.5. The van der Waals surface area contributed by atoms with E-state index in [0.717, 1.165) is 29.1 Å². The lowest BCUT2D eigenvalue weighted by Gasteiger charge is -2.33. The summed E-state index contributed by atoms with van der Waals surface area (Å²) in [5, 5.41) is 4.75. The van der Waals surface area contributed by atoms with Crippen LogP contribution < -0.4 is 5.32 Å². The number of hydrogen-bond donors (Lipinski definition) is 1. The summed E-state index contributed by atoms with van der Waals surface area (Å²) in [6.07, 6.45) is 1.87. The number of benzene rings is 1. The first-order valence-electron chi connectivity index (χ1n) is 7.52. The van der Waals surface area contributed by atoms with Crippen molar-refractivity contribution in [2.45, 2.75) is 45.1 Å². The monoisotopic (exact) mass is 417 g/mol. The third kappa shape index (κ3) is 4.82. The Kier molecular flexibility index (Phi) is 7.96. The minimum Gasteiger partial charge on any atom is -0.348 e. The van der Waals surface area contributed by atoms with Crippen LogP contribution in [0.25, 0.3) is 0 Å². The second-order valence-electron chi connectivity index (χ2n) is 5.66. The molecule has 0 heterocycles. The van der Waals surface area contributed by atoms with Gasteiger partial charge in [-0.3, -0.25) is 4.79 Å². The number of hydrogen-bond acceptors (Lipinski definition) is 1. The molecule has 1 amide bonds. The molecule has 0 spiro atoms. The molecule has 0 radical (unpaired) electrons. The van der Waals surface area contributed by atoms with Gasteiger partial charge in [0.25, 0.3) is 0 Å². The zero-order chi connectivity index (χ0) is 15.9. The van der Waals surface area contributed by atoms with Crippen LogP contribution >= 0.6 is 31.9 Å². The molecule has 2 nitrogen and oxygen atoms in total. The summed E-state index contributed by atoms with van der Waals surface area (Å²) in [7, 11) is 0. The van der Waals surface area contributed by atoms with Gasteiger partial charge in [-0.05, 0) is 17.9 Å². The van der Waals surface area contributed by atoms with Gasteiger partial charge in [-0.25, -0.2) is 0 Å². The fraction of sp³-hybridized carbons (Fsp3) is 0.588. The highest BCUT2D eigenvalue weighted by Gasteiger charge is 2.33. The summed E-state index contributed by atoms with van der Waals surface area (Å²) in [5.41, 5.74) is 0.871. The fourth-order valence-electron chi connectivity index (χ4n) is 2.35. The zero-order valence-corrected chi connectivity index (χ0v) is 16.2. The smallest absolute Gasteiger partial charge is 0.228 e. The Bertz CT molecular complexity index is 423. The van der Waals surface area contributed by atoms with Crippen LogP contribution in [0.4, 0.5) is 0 Å². The molecular formula is C17H25Br2NO. The van der Waals surface area contributed by atoms with E-state index in [1.165, 1.54) is 0 Å². The highest BCUT2D eigenvalue weighted by molar-refractivity contribution is 9.09. The van der Waals surface area contributed by atoms with Crippen LogP contribution in [-0.4, -0.2) is 22.1 Å². The Morgan fingerprint density at radius 3 is 2.19 bits per heavy atom. The number of halogens is 2. The molecule has 1 aromatic carbocycles. The van der Waals surface area contributed by atoms with Crippen molar-refractivity contribution < 1.29 is 4.79 Å². The lowest BCUT2D eigenvalue weighted by atomic mass is 9.84. The van der Waals surface area contributed by atoms with Crippen molar-refractivity contribution in [2.24, 2.45) is 5.92 Å². The van der Waals surface area contributed by atoms with E-state index in [1.54, 1.807) is 0 Å². The van der Waals surface area contributed by atoms with Crippen LogP contribution in [0.15, 0.2) is 30.3 Å². The van der Waals surface area contributed by atoms with E-state index >= 15 is 0 Å². The van der Waals surface area contributed by atoms with Crippen LogP contribution in [0.2, 0.25) is 0 Å². The van der Waals surface area contributed by atoms with E-state index in [4.69, 9.17) is 0 Å². The first kappa shape index (κ1) is 18.7. The third-order valence-corrected chi connectivity index (χ3v) is 6.38. The predicted octanol–water partition coefficient (Wildman–Crippen LogP) is 4.87. The first-order valence-corrected chi connectivity index (χ1v) is 9.76. The molecule has 0 aliphatic heterocycles. The van der Waals surface area contributed by atoms with Crippen LogP contribution in [0.1, 0.15) is 45.1 Å². The average Bonchev–Trinajstić information content (AvgIpc) is 2.53. The van der Waals surface area contributed by atoms with E-state index in [0.29, 0.717) is 5.92 Å². The lowest BCUT2D eigenvalue weighted by molar-refractivity contribution is -0.125. The molecule has 0 saturated heterocycles. The zero-order valence-electron chi connectivity index (χ0n) is 13.0. The molecule has 2 unspecified atom stereocenters. The molecule has 118 valence electrons. The topological polar surface area (TPSA) is 29.1 Å². The van der Waals surface area contributed by atoms with Crippen molar-refractivity contribution in [3.8, 4) is 0 Å². The van der Waals surface area contributed by atoms with Crippen molar-refractivity contribution in [1.29, 1.82) is 0 Å². The predicted molar refractivity (Wildman–Crippen MR) is 97.4 cm³/mol. The number of carbonyl (C=O) groups is 1. The Morgan fingerprint density at radius 2 is 1.76 bits per heavy atom. The van der Waals surface area contributed by atoms with Gasteiger partial charge in [0.1, 0.15) is 0 Å². The molecule has 1 rings (SSSR count). The van der Waals surface area contributed by atoms with Crippen molar-refractivity contribution >= 4 is 37.8 Å². The summed E-state index contributed by atoms with van der Waals surface area (Å²) in [6.45, 7) is 6.38. The van der Waals surface area contributed by atoms with E-state index in [2.05, 4.69) is 57.9 Å². The fourth-order valence-corrected chi connectivity index (χ4v) is 4.36. The van der Waals surface area contributed by atoms with Gasteiger partial charge in [0.15, 0.2) is 0 Å². The summed E-state index contributed by atoms with van der Waals surface area (Å²) < 4.78 is 0. The molecule has 1 N–H and O–H groups in total. The van der Waals surface area contributed by atoms with Crippen LogP contribution in [-0.2, 0) is 4.79 Å². The first-order chi connectivity index (χ1) is 10.0. The highest BCUT2D eigenvalue weighted by Crippen LogP contribution is 2.29. The molecule has 0 aliphatic rings. The van der Waals surface area contributed by atoms with Crippen LogP contribution in [0.3, 0.4) is 0 Å². The van der Waals surface area contributed by atoms with Gasteiger partial charge in [0, 0.05) is 10.7 Å². The van der Waals surface area contributed by atoms with Crippen molar-refractivity contribution in [1.82, 2.24) is 5.32 Å². The largest absolute Gasteiger partial charge is 0.348 e. The number of nitrogens with one attached hydrogen (secondary N) is 1. The van der Waals surface area contributed by atoms with E-state index in [9.17, 15) is 4.79 Å². The number of carbonyl (C=O) groups excluding carboxylic acids is 1. The number of rotatable bonds is 8. The molecule has 2 atom stereocenters. The van der Waals surface area contributed by atoms with Crippen molar-refractivity contribution in [3.63, 3.8) is 0 Å². The maximum absolute atomic E-state index is 12.9. The molecular weight excluding hydrogens is 394 g/mol. The minimum atomic E-state index is -0.225. The van der Waals surface area contributed by atoms with Gasteiger partial charge in [-0.1, -0.05) is 89.4 Å². The highest BCUT2D eigenvalue weighted by atomic mass is 79.9. The summed E-state index contributed by atoms with van der Waals surface area (Å²) in [6, 6.07) is 10.1. The molecule has 1 aromatic rings. The SMILES string of the molecule is CCC(C)C(C(=O)NC(CC)(CBr)CBr)c1ccccc1. The van der Waals surface area contributed by atoms with Gasteiger partial charge >= 0.3 is 0 Å². The van der Waals surface area contributed by atoms with Gasteiger partial charge in [-0.15, -0.1) is 0 Å². The van der Waals surface area contributed by atoms with E-state index in [-0.39, 0.29) is 17.4 Å². The maximum atomic E-state index is 12.9. The molecule has 0 aliphatic carbocycles. The van der Waals surface area contributed by atoms with Gasteiger partial charge in [-0.2, -0.15) is 0 Å². The second kappa shape index (κ2) is 8.94. The van der Waals surface area contributed by atoms with Crippen LogP contribution in [0.5, 0.6) is 0 Å². The molecule has 4 heteroatoms. The third-order valence-electron chi connectivity index (χ3n) is 4.23. The molecule has 0 fully saturated rings. The Balaban J connectivity index is 3.02. The number of amides is 1. The Labute approximate surface area is 145 Å². The van der Waals surface area contributed by atoms with E-state index < -0.39 is 0 Å². The summed E-state index contributed by atoms with van der Waals surface area (Å²) >= 11 is 7.07. The molecule has 0 bridgehead atoms. The average molecular weight is 419 g/mol. The molecule has 21 heavy (non-hydrogen) atoms. The quantitative estimate of drug-likeness (QED) is 0.599. The second-order valence-corrected chi connectivity index (χ2v) is 6.79. The maximum Gasteiger partial charge on any atom is 0.228 e.